The van der Waals surface area contributed by atoms with Crippen molar-refractivity contribution < 1.29 is 19.0 Å². The summed E-state index contributed by atoms with van der Waals surface area (Å²) in [6.45, 7) is 6.27. The van der Waals surface area contributed by atoms with Crippen LogP contribution >= 0.6 is 0 Å². The van der Waals surface area contributed by atoms with Crippen LogP contribution in [0.25, 0.3) is 0 Å². The molecule has 0 spiro atoms. The Labute approximate surface area is 125 Å². The van der Waals surface area contributed by atoms with E-state index >= 15 is 0 Å². The molecule has 1 aliphatic rings. The maximum atomic E-state index is 11.2. The van der Waals surface area contributed by atoms with Crippen molar-refractivity contribution >= 4 is 5.97 Å². The zero-order valence-electron chi connectivity index (χ0n) is 12.5. The summed E-state index contributed by atoms with van der Waals surface area (Å²) in [6, 6.07) is 9.97. The Morgan fingerprint density at radius 3 is 2.67 bits per heavy atom. The number of esters is 1. The second kappa shape index (κ2) is 8.77. The van der Waals surface area contributed by atoms with E-state index in [-0.39, 0.29) is 12.1 Å². The van der Waals surface area contributed by atoms with E-state index in [9.17, 15) is 4.79 Å². The molecule has 1 aromatic rings. The highest BCUT2D eigenvalue weighted by Gasteiger charge is 2.19. The van der Waals surface area contributed by atoms with E-state index in [4.69, 9.17) is 14.2 Å². The van der Waals surface area contributed by atoms with Gasteiger partial charge in [0, 0.05) is 26.6 Å². The molecule has 5 heteroatoms. The number of carbonyl (C=O) groups is 1. The first-order valence-electron chi connectivity index (χ1n) is 7.33. The molecule has 1 atom stereocenters. The summed E-state index contributed by atoms with van der Waals surface area (Å²) in [5, 5.41) is 0. The van der Waals surface area contributed by atoms with E-state index in [1.165, 1.54) is 6.92 Å². The minimum absolute atomic E-state index is 0.232. The molecular formula is C16H23NO4. The second-order valence-electron chi connectivity index (χ2n) is 5.15. The maximum Gasteiger partial charge on any atom is 0.303 e. The Balaban J connectivity index is 1.76. The third kappa shape index (κ3) is 6.25. The first-order chi connectivity index (χ1) is 10.2. The molecule has 21 heavy (non-hydrogen) atoms. The lowest BCUT2D eigenvalue weighted by Crippen LogP contribution is -2.43. The van der Waals surface area contributed by atoms with Crippen LogP contribution in [-0.2, 0) is 25.6 Å². The summed E-state index contributed by atoms with van der Waals surface area (Å²) in [7, 11) is 0. The summed E-state index contributed by atoms with van der Waals surface area (Å²) < 4.78 is 16.4. The second-order valence-corrected chi connectivity index (χ2v) is 5.15. The Morgan fingerprint density at radius 1 is 1.29 bits per heavy atom. The van der Waals surface area contributed by atoms with Gasteiger partial charge in [-0.25, -0.2) is 0 Å². The minimum Gasteiger partial charge on any atom is -0.459 e. The molecule has 2 rings (SSSR count). The van der Waals surface area contributed by atoms with Crippen molar-refractivity contribution in [3.8, 4) is 0 Å². The van der Waals surface area contributed by atoms with Crippen LogP contribution < -0.4 is 0 Å². The van der Waals surface area contributed by atoms with Crippen LogP contribution in [0.4, 0.5) is 0 Å². The third-order valence-electron chi connectivity index (χ3n) is 3.31. The Kier molecular flexibility index (Phi) is 6.66. The van der Waals surface area contributed by atoms with Gasteiger partial charge in [-0.05, 0) is 5.56 Å². The van der Waals surface area contributed by atoms with E-state index in [1.54, 1.807) is 0 Å². The number of benzene rings is 1. The van der Waals surface area contributed by atoms with Gasteiger partial charge in [0.05, 0.1) is 26.4 Å². The molecule has 0 saturated carbocycles. The molecule has 1 aliphatic heterocycles. The molecule has 1 saturated heterocycles. The van der Waals surface area contributed by atoms with Crippen molar-refractivity contribution in [3.63, 3.8) is 0 Å². The molecule has 0 aliphatic carbocycles. The smallest absolute Gasteiger partial charge is 0.303 e. The fourth-order valence-electron chi connectivity index (χ4n) is 2.31. The normalized spacial score (nSPS) is 17.4. The van der Waals surface area contributed by atoms with E-state index in [0.29, 0.717) is 19.8 Å². The van der Waals surface area contributed by atoms with Crippen LogP contribution in [0.2, 0.25) is 0 Å². The summed E-state index contributed by atoms with van der Waals surface area (Å²) in [6.07, 6.45) is -0.232. The average Bonchev–Trinajstić information content (AvgIpc) is 2.49. The molecule has 1 aromatic carbocycles. The molecule has 0 amide bonds. The van der Waals surface area contributed by atoms with Crippen molar-refractivity contribution in [1.29, 1.82) is 0 Å². The van der Waals surface area contributed by atoms with Crippen molar-refractivity contribution in [2.75, 3.05) is 39.5 Å². The Bertz CT molecular complexity index is 418. The fraction of sp³-hybridized carbons (Fsp3) is 0.562. The van der Waals surface area contributed by atoms with Crippen LogP contribution in [0.1, 0.15) is 12.5 Å². The van der Waals surface area contributed by atoms with Crippen molar-refractivity contribution in [3.05, 3.63) is 35.9 Å². The Hall–Kier alpha value is -1.43. The molecule has 0 radical (unpaired) electrons. The summed E-state index contributed by atoms with van der Waals surface area (Å²) >= 11 is 0. The topological polar surface area (TPSA) is 48.0 Å². The summed E-state index contributed by atoms with van der Waals surface area (Å²) in [5.74, 6) is -0.267. The number of hydrogen-bond acceptors (Lipinski definition) is 5. The standard InChI is InChI=1S/C16H23NO4/c1-14(18)21-16(11-17-7-9-19-10-8-17)13-20-12-15-5-3-2-4-6-15/h2-6,16H,7-13H2,1H3. The lowest BCUT2D eigenvalue weighted by molar-refractivity contribution is -0.151. The van der Waals surface area contributed by atoms with Crippen LogP contribution in [-0.4, -0.2) is 56.4 Å². The quantitative estimate of drug-likeness (QED) is 0.713. The van der Waals surface area contributed by atoms with Crippen LogP contribution in [0.5, 0.6) is 0 Å². The van der Waals surface area contributed by atoms with Gasteiger partial charge in [-0.15, -0.1) is 0 Å². The van der Waals surface area contributed by atoms with Crippen molar-refractivity contribution in [1.82, 2.24) is 4.90 Å². The molecule has 5 nitrogen and oxygen atoms in total. The summed E-state index contributed by atoms with van der Waals surface area (Å²) in [5.41, 5.74) is 1.12. The Morgan fingerprint density at radius 2 is 2.00 bits per heavy atom. The van der Waals surface area contributed by atoms with Gasteiger partial charge in [0.15, 0.2) is 0 Å². The number of morpholine rings is 1. The number of rotatable bonds is 7. The van der Waals surface area contributed by atoms with Crippen molar-refractivity contribution in [2.45, 2.75) is 19.6 Å². The van der Waals surface area contributed by atoms with E-state index < -0.39 is 0 Å². The van der Waals surface area contributed by atoms with Gasteiger partial charge in [-0.3, -0.25) is 9.69 Å². The van der Waals surface area contributed by atoms with Gasteiger partial charge >= 0.3 is 5.97 Å². The first-order valence-corrected chi connectivity index (χ1v) is 7.33. The van der Waals surface area contributed by atoms with Crippen LogP contribution in [0.3, 0.4) is 0 Å². The van der Waals surface area contributed by atoms with Gasteiger partial charge in [0.25, 0.3) is 0 Å². The maximum absolute atomic E-state index is 11.2. The highest BCUT2D eigenvalue weighted by Crippen LogP contribution is 2.06. The predicted octanol–water partition coefficient (Wildman–Crippen LogP) is 1.47. The number of nitrogens with zero attached hydrogens (tertiary/aromatic N) is 1. The van der Waals surface area contributed by atoms with Gasteiger partial charge in [-0.2, -0.15) is 0 Å². The molecule has 0 N–H and O–H groups in total. The largest absolute Gasteiger partial charge is 0.459 e. The molecule has 1 unspecified atom stereocenters. The average molecular weight is 293 g/mol. The molecule has 0 bridgehead atoms. The first kappa shape index (κ1) is 15.9. The highest BCUT2D eigenvalue weighted by molar-refractivity contribution is 5.66. The van der Waals surface area contributed by atoms with Gasteiger partial charge < -0.3 is 14.2 Å². The number of hydrogen-bond donors (Lipinski definition) is 0. The van der Waals surface area contributed by atoms with Gasteiger partial charge in [0.1, 0.15) is 6.10 Å². The van der Waals surface area contributed by atoms with E-state index in [2.05, 4.69) is 4.90 Å². The van der Waals surface area contributed by atoms with Gasteiger partial charge in [-0.1, -0.05) is 30.3 Å². The molecule has 1 heterocycles. The molecular weight excluding hydrogens is 270 g/mol. The minimum atomic E-state index is -0.267. The highest BCUT2D eigenvalue weighted by atomic mass is 16.6. The lowest BCUT2D eigenvalue weighted by atomic mass is 10.2. The number of carbonyl (C=O) groups excluding carboxylic acids is 1. The van der Waals surface area contributed by atoms with Crippen LogP contribution in [0.15, 0.2) is 30.3 Å². The zero-order chi connectivity index (χ0) is 14.9. The third-order valence-corrected chi connectivity index (χ3v) is 3.31. The molecule has 1 fully saturated rings. The lowest BCUT2D eigenvalue weighted by Gasteiger charge is -2.30. The number of ether oxygens (including phenoxy) is 3. The van der Waals surface area contributed by atoms with E-state index in [1.807, 2.05) is 30.3 Å². The zero-order valence-corrected chi connectivity index (χ0v) is 12.5. The molecule has 0 aromatic heterocycles. The molecule has 116 valence electrons. The van der Waals surface area contributed by atoms with Crippen LogP contribution in [0, 0.1) is 0 Å². The fourth-order valence-corrected chi connectivity index (χ4v) is 2.31. The monoisotopic (exact) mass is 293 g/mol. The predicted molar refractivity (Wildman–Crippen MR) is 78.9 cm³/mol. The SMILES string of the molecule is CC(=O)OC(COCc1ccccc1)CN1CCOCC1. The van der Waals surface area contributed by atoms with Crippen molar-refractivity contribution in [2.24, 2.45) is 0 Å². The summed E-state index contributed by atoms with van der Waals surface area (Å²) in [4.78, 5) is 13.4. The van der Waals surface area contributed by atoms with Gasteiger partial charge in [0.2, 0.25) is 0 Å². The van der Waals surface area contributed by atoms with E-state index in [0.717, 1.165) is 31.9 Å².